The molecule has 2 amide bonds. The molecule has 0 unspecified atom stereocenters. The summed E-state index contributed by atoms with van der Waals surface area (Å²) in [4.78, 5) is 24.0. The molecule has 138 valence electrons. The Balaban J connectivity index is 1.42. The van der Waals surface area contributed by atoms with Gasteiger partial charge < -0.3 is 5.32 Å². The van der Waals surface area contributed by atoms with Gasteiger partial charge in [-0.3, -0.25) is 14.9 Å². The minimum Gasteiger partial charge on any atom is -0.325 e. The number of hydrogen-bond acceptors (Lipinski definition) is 6. The van der Waals surface area contributed by atoms with Gasteiger partial charge in [-0.25, -0.2) is 0 Å². The second kappa shape index (κ2) is 9.29. The van der Waals surface area contributed by atoms with Gasteiger partial charge in [0.2, 0.25) is 16.9 Å². The first-order chi connectivity index (χ1) is 13.1. The second-order valence-corrected chi connectivity index (χ2v) is 7.70. The number of amides is 2. The average Bonchev–Trinajstić information content (AvgIpc) is 3.11. The maximum atomic E-state index is 12.0. The van der Waals surface area contributed by atoms with E-state index in [1.165, 1.54) is 23.1 Å². The summed E-state index contributed by atoms with van der Waals surface area (Å²) in [5.41, 5.74) is 2.79. The summed E-state index contributed by atoms with van der Waals surface area (Å²) >= 11 is 2.56. The number of thioether (sulfide) groups is 1. The van der Waals surface area contributed by atoms with Crippen molar-refractivity contribution in [3.8, 4) is 10.6 Å². The molecule has 0 fully saturated rings. The third-order valence-electron chi connectivity index (χ3n) is 3.46. The lowest BCUT2D eigenvalue weighted by Gasteiger charge is -2.05. The topological polar surface area (TPSA) is 84.0 Å². The van der Waals surface area contributed by atoms with Crippen molar-refractivity contribution in [2.24, 2.45) is 0 Å². The molecule has 0 aliphatic rings. The summed E-state index contributed by atoms with van der Waals surface area (Å²) in [5.74, 6) is 0.0219. The number of nitrogens with zero attached hydrogens (tertiary/aromatic N) is 2. The second-order valence-electron chi connectivity index (χ2n) is 5.74. The van der Waals surface area contributed by atoms with Crippen LogP contribution in [0, 0.1) is 6.92 Å². The van der Waals surface area contributed by atoms with Crippen LogP contribution in [0.4, 0.5) is 10.8 Å². The molecule has 3 aromatic rings. The summed E-state index contributed by atoms with van der Waals surface area (Å²) in [5, 5.41) is 14.8. The number of aryl methyl sites for hydroxylation is 1. The molecule has 0 spiro atoms. The lowest BCUT2D eigenvalue weighted by molar-refractivity contribution is -0.114. The molecule has 6 nitrogen and oxygen atoms in total. The van der Waals surface area contributed by atoms with Crippen molar-refractivity contribution in [1.82, 2.24) is 10.2 Å². The van der Waals surface area contributed by atoms with Gasteiger partial charge >= 0.3 is 0 Å². The maximum Gasteiger partial charge on any atom is 0.236 e. The minimum absolute atomic E-state index is 0.138. The van der Waals surface area contributed by atoms with Crippen LogP contribution in [0.1, 0.15) is 5.56 Å². The van der Waals surface area contributed by atoms with E-state index < -0.39 is 0 Å². The molecule has 0 saturated heterocycles. The van der Waals surface area contributed by atoms with Gasteiger partial charge in [0.25, 0.3) is 0 Å². The summed E-state index contributed by atoms with van der Waals surface area (Å²) in [7, 11) is 0. The Bertz CT molecular complexity index is 928. The van der Waals surface area contributed by atoms with Crippen molar-refractivity contribution in [1.29, 1.82) is 0 Å². The van der Waals surface area contributed by atoms with E-state index in [9.17, 15) is 9.59 Å². The molecule has 1 heterocycles. The zero-order chi connectivity index (χ0) is 19.1. The molecule has 0 atom stereocenters. The van der Waals surface area contributed by atoms with Gasteiger partial charge in [-0.2, -0.15) is 0 Å². The highest BCUT2D eigenvalue weighted by molar-refractivity contribution is 8.00. The van der Waals surface area contributed by atoms with E-state index in [2.05, 4.69) is 20.8 Å². The molecular weight excluding hydrogens is 380 g/mol. The zero-order valence-electron chi connectivity index (χ0n) is 14.6. The quantitative estimate of drug-likeness (QED) is 0.632. The van der Waals surface area contributed by atoms with Gasteiger partial charge in [0.05, 0.1) is 11.5 Å². The lowest BCUT2D eigenvalue weighted by Crippen LogP contribution is -2.18. The van der Waals surface area contributed by atoms with E-state index in [4.69, 9.17) is 0 Å². The van der Waals surface area contributed by atoms with Crippen LogP contribution in [0.3, 0.4) is 0 Å². The monoisotopic (exact) mass is 398 g/mol. The smallest absolute Gasteiger partial charge is 0.236 e. The Kier molecular flexibility index (Phi) is 6.56. The Hall–Kier alpha value is -2.71. The number of hydrogen-bond donors (Lipinski definition) is 2. The van der Waals surface area contributed by atoms with Gasteiger partial charge in [-0.15, -0.1) is 22.0 Å². The number of anilines is 2. The summed E-state index contributed by atoms with van der Waals surface area (Å²) in [6.45, 7) is 1.96. The Labute approximate surface area is 165 Å². The van der Waals surface area contributed by atoms with Crippen LogP contribution in [0.5, 0.6) is 0 Å². The molecule has 1 aromatic heterocycles. The molecule has 27 heavy (non-hydrogen) atoms. The third kappa shape index (κ3) is 5.90. The van der Waals surface area contributed by atoms with E-state index in [1.54, 1.807) is 0 Å². The molecule has 2 aromatic carbocycles. The number of nitrogens with one attached hydrogen (secondary N) is 2. The molecule has 0 radical (unpaired) electrons. The molecule has 3 rings (SSSR count). The SMILES string of the molecule is Cc1cccc(NC(=O)CSCC(=O)Nc2nnc(-c3ccccc3)s2)c1. The molecule has 0 bridgehead atoms. The van der Waals surface area contributed by atoms with Crippen LogP contribution >= 0.6 is 23.1 Å². The largest absolute Gasteiger partial charge is 0.325 e. The van der Waals surface area contributed by atoms with Crippen molar-refractivity contribution in [3.63, 3.8) is 0 Å². The third-order valence-corrected chi connectivity index (χ3v) is 5.28. The highest BCUT2D eigenvalue weighted by atomic mass is 32.2. The normalized spacial score (nSPS) is 10.4. The number of rotatable bonds is 7. The number of benzene rings is 2. The molecule has 0 aliphatic carbocycles. The highest BCUT2D eigenvalue weighted by Gasteiger charge is 2.11. The molecule has 2 N–H and O–H groups in total. The van der Waals surface area contributed by atoms with E-state index in [0.717, 1.165) is 21.8 Å². The first-order valence-corrected chi connectivity index (χ1v) is 10.2. The number of carbonyl (C=O) groups excluding carboxylic acids is 2. The van der Waals surface area contributed by atoms with Gasteiger partial charge in [-0.1, -0.05) is 53.8 Å². The molecule has 0 aliphatic heterocycles. The first-order valence-electron chi connectivity index (χ1n) is 8.23. The van der Waals surface area contributed by atoms with Crippen LogP contribution in [0.15, 0.2) is 54.6 Å². The van der Waals surface area contributed by atoms with Crippen LogP contribution < -0.4 is 10.6 Å². The summed E-state index contributed by atoms with van der Waals surface area (Å²) < 4.78 is 0. The molecule has 8 heteroatoms. The summed E-state index contributed by atoms with van der Waals surface area (Å²) in [6.07, 6.45) is 0. The molecular formula is C19H18N4O2S2. The lowest BCUT2D eigenvalue weighted by atomic mass is 10.2. The van der Waals surface area contributed by atoms with E-state index >= 15 is 0 Å². The van der Waals surface area contributed by atoms with E-state index in [-0.39, 0.29) is 23.3 Å². The van der Waals surface area contributed by atoms with Crippen molar-refractivity contribution < 1.29 is 9.59 Å². The van der Waals surface area contributed by atoms with Crippen molar-refractivity contribution in [3.05, 3.63) is 60.2 Å². The van der Waals surface area contributed by atoms with Crippen LogP contribution in [0.2, 0.25) is 0 Å². The predicted octanol–water partition coefficient (Wildman–Crippen LogP) is 3.82. The van der Waals surface area contributed by atoms with E-state index in [0.29, 0.717) is 5.13 Å². The average molecular weight is 399 g/mol. The van der Waals surface area contributed by atoms with Crippen LogP contribution in [-0.4, -0.2) is 33.5 Å². The van der Waals surface area contributed by atoms with Crippen molar-refractivity contribution >= 4 is 45.7 Å². The van der Waals surface area contributed by atoms with Gasteiger partial charge in [-0.05, 0) is 24.6 Å². The first kappa shape index (κ1) is 19.1. The number of carbonyl (C=O) groups is 2. The Morgan fingerprint density at radius 2 is 1.70 bits per heavy atom. The number of aromatic nitrogens is 2. The van der Waals surface area contributed by atoms with Crippen molar-refractivity contribution in [2.75, 3.05) is 22.1 Å². The minimum atomic E-state index is -0.209. The van der Waals surface area contributed by atoms with Gasteiger partial charge in [0.15, 0.2) is 0 Å². The van der Waals surface area contributed by atoms with Gasteiger partial charge in [0.1, 0.15) is 5.01 Å². The Morgan fingerprint density at radius 3 is 2.44 bits per heavy atom. The fraction of sp³-hybridized carbons (Fsp3) is 0.158. The standard InChI is InChI=1S/C19H18N4O2S2/c1-13-6-5-9-15(10-13)20-16(24)11-26-12-17(25)21-19-23-22-18(27-19)14-7-3-2-4-8-14/h2-10H,11-12H2,1H3,(H,20,24)(H,21,23,25). The summed E-state index contributed by atoms with van der Waals surface area (Å²) in [6, 6.07) is 17.2. The Morgan fingerprint density at radius 1 is 0.963 bits per heavy atom. The van der Waals surface area contributed by atoms with E-state index in [1.807, 2.05) is 61.5 Å². The fourth-order valence-corrected chi connectivity index (χ4v) is 3.67. The fourth-order valence-electron chi connectivity index (χ4n) is 2.28. The van der Waals surface area contributed by atoms with Crippen molar-refractivity contribution in [2.45, 2.75) is 6.92 Å². The zero-order valence-corrected chi connectivity index (χ0v) is 16.3. The van der Waals surface area contributed by atoms with Gasteiger partial charge in [0, 0.05) is 11.3 Å². The van der Waals surface area contributed by atoms with Crippen LogP contribution in [0.25, 0.3) is 10.6 Å². The predicted molar refractivity (Wildman–Crippen MR) is 111 cm³/mol. The maximum absolute atomic E-state index is 12.0. The van der Waals surface area contributed by atoms with Crippen LogP contribution in [-0.2, 0) is 9.59 Å². The molecule has 0 saturated carbocycles. The highest BCUT2D eigenvalue weighted by Crippen LogP contribution is 2.25.